The van der Waals surface area contributed by atoms with Gasteiger partial charge in [0.25, 0.3) is 0 Å². The van der Waals surface area contributed by atoms with Crippen LogP contribution in [-0.2, 0) is 32.3 Å². The van der Waals surface area contributed by atoms with E-state index in [1.165, 1.54) is 39.6 Å². The number of hydrogen-bond acceptors (Lipinski definition) is 7. The van der Waals surface area contributed by atoms with Gasteiger partial charge in [0.05, 0.1) is 0 Å². The van der Waals surface area contributed by atoms with E-state index in [0.29, 0.717) is 19.4 Å². The lowest BCUT2D eigenvalue weighted by Gasteiger charge is -2.23. The van der Waals surface area contributed by atoms with Gasteiger partial charge < -0.3 is 0 Å². The second-order valence-electron chi connectivity index (χ2n) is 11.3. The molecular formula is C36H52N2O4S2. The van der Waals surface area contributed by atoms with Crippen LogP contribution >= 0.6 is 23.5 Å². The van der Waals surface area contributed by atoms with Crippen molar-refractivity contribution >= 4 is 45.6 Å². The van der Waals surface area contributed by atoms with Gasteiger partial charge in [0.15, 0.2) is 10.2 Å². The van der Waals surface area contributed by atoms with Crippen molar-refractivity contribution in [3.63, 3.8) is 0 Å². The predicted octanol–water partition coefficient (Wildman–Crippen LogP) is 8.28. The first kappa shape index (κ1) is 37.8. The van der Waals surface area contributed by atoms with Gasteiger partial charge in [-0.1, -0.05) is 110 Å². The Labute approximate surface area is 274 Å². The molecule has 0 radical (unpaired) electrons. The number of carbonyl (C=O) groups excluding carboxylic acids is 4. The highest BCUT2D eigenvalue weighted by molar-refractivity contribution is 8.13. The fourth-order valence-corrected chi connectivity index (χ4v) is 6.33. The quantitative estimate of drug-likeness (QED) is 0.113. The van der Waals surface area contributed by atoms with E-state index in [9.17, 15) is 19.2 Å². The molecule has 0 aliphatic heterocycles. The van der Waals surface area contributed by atoms with Gasteiger partial charge in [0, 0.05) is 57.8 Å². The largest absolute Gasteiger partial charge is 0.295 e. The molecule has 0 heterocycles. The van der Waals surface area contributed by atoms with E-state index >= 15 is 0 Å². The van der Waals surface area contributed by atoms with Gasteiger partial charge in [0.2, 0.25) is 11.8 Å². The summed E-state index contributed by atoms with van der Waals surface area (Å²) in [5.74, 6) is 1.42. The fraction of sp³-hybridized carbons (Fsp3) is 0.556. The third-order valence-corrected chi connectivity index (χ3v) is 9.19. The van der Waals surface area contributed by atoms with Crippen LogP contribution in [0, 0.1) is 0 Å². The number of carbonyl (C=O) groups is 4. The normalized spacial score (nSPS) is 11.1. The van der Waals surface area contributed by atoms with Crippen molar-refractivity contribution in [1.82, 2.24) is 9.80 Å². The highest BCUT2D eigenvalue weighted by Gasteiger charge is 2.20. The average Bonchev–Trinajstić information content (AvgIpc) is 3.00. The minimum absolute atomic E-state index is 0.0711. The molecule has 2 rings (SSSR count). The average molecular weight is 641 g/mol. The minimum atomic E-state index is -0.0711. The molecule has 0 spiro atoms. The molecule has 0 atom stereocenters. The lowest BCUT2D eigenvalue weighted by molar-refractivity contribution is -0.145. The molecule has 0 N–H and O–H groups in total. The van der Waals surface area contributed by atoms with Gasteiger partial charge in [-0.05, 0) is 56.2 Å². The summed E-state index contributed by atoms with van der Waals surface area (Å²) in [4.78, 5) is 52.4. The van der Waals surface area contributed by atoms with Crippen LogP contribution in [0.3, 0.4) is 0 Å². The third kappa shape index (κ3) is 18.4. The van der Waals surface area contributed by atoms with Crippen LogP contribution in [0.25, 0.3) is 0 Å². The van der Waals surface area contributed by atoms with Crippen molar-refractivity contribution in [1.29, 1.82) is 0 Å². The van der Waals surface area contributed by atoms with Crippen LogP contribution in [0.5, 0.6) is 0 Å². The van der Waals surface area contributed by atoms with Crippen LogP contribution in [0.4, 0.5) is 0 Å². The van der Waals surface area contributed by atoms with E-state index in [-0.39, 0.29) is 22.0 Å². The molecule has 0 unspecified atom stereocenters. The molecule has 0 fully saturated rings. The van der Waals surface area contributed by atoms with Crippen LogP contribution < -0.4 is 0 Å². The topological polar surface area (TPSA) is 74.8 Å². The fourth-order valence-electron chi connectivity index (χ4n) is 5.06. The highest BCUT2D eigenvalue weighted by atomic mass is 32.2. The summed E-state index contributed by atoms with van der Waals surface area (Å²) in [5, 5.41) is 0.246. The smallest absolute Gasteiger partial charge is 0.229 e. The maximum absolute atomic E-state index is 13.1. The van der Waals surface area contributed by atoms with Crippen molar-refractivity contribution in [2.24, 2.45) is 0 Å². The zero-order chi connectivity index (χ0) is 31.8. The first-order valence-electron chi connectivity index (χ1n) is 16.2. The second-order valence-corrected chi connectivity index (χ2v) is 13.9. The van der Waals surface area contributed by atoms with E-state index in [0.717, 1.165) is 95.3 Å². The molecular weight excluding hydrogens is 589 g/mol. The van der Waals surface area contributed by atoms with Crippen molar-refractivity contribution < 1.29 is 19.2 Å². The predicted molar refractivity (Wildman–Crippen MR) is 185 cm³/mol. The Kier molecular flexibility index (Phi) is 20.5. The molecule has 44 heavy (non-hydrogen) atoms. The van der Waals surface area contributed by atoms with Gasteiger partial charge in [-0.25, -0.2) is 0 Å². The van der Waals surface area contributed by atoms with Gasteiger partial charge in [-0.15, -0.1) is 0 Å². The Morgan fingerprint density at radius 3 is 1.36 bits per heavy atom. The van der Waals surface area contributed by atoms with Crippen molar-refractivity contribution in [3.05, 3.63) is 71.8 Å². The molecule has 2 aromatic rings. The lowest BCUT2D eigenvalue weighted by atomic mass is 10.1. The summed E-state index contributed by atoms with van der Waals surface area (Å²) >= 11 is 2.65. The Morgan fingerprint density at radius 1 is 0.523 bits per heavy atom. The maximum atomic E-state index is 13.1. The third-order valence-electron chi connectivity index (χ3n) is 7.39. The van der Waals surface area contributed by atoms with Crippen LogP contribution in [-0.4, -0.2) is 56.4 Å². The summed E-state index contributed by atoms with van der Waals surface area (Å²) in [6.45, 7) is 6.45. The van der Waals surface area contributed by atoms with Gasteiger partial charge >= 0.3 is 0 Å². The summed E-state index contributed by atoms with van der Waals surface area (Å²) in [5.41, 5.74) is 2.62. The Morgan fingerprint density at radius 2 is 0.932 bits per heavy atom. The van der Waals surface area contributed by atoms with Gasteiger partial charge in [-0.3, -0.25) is 29.0 Å². The minimum Gasteiger partial charge on any atom is -0.295 e. The van der Waals surface area contributed by atoms with Crippen molar-refractivity contribution in [3.8, 4) is 0 Å². The van der Waals surface area contributed by atoms with Gasteiger partial charge in [-0.2, -0.15) is 0 Å². The SMILES string of the molecule is CC(=O)SCCCCCC(=O)N(CCCCCCN(Cc1ccccc1)Cc1ccccc1)C(=O)CCCCCSC(C)=O. The number of rotatable bonds is 23. The lowest BCUT2D eigenvalue weighted by Crippen LogP contribution is -2.37. The van der Waals surface area contributed by atoms with Crippen LogP contribution in [0.15, 0.2) is 60.7 Å². The van der Waals surface area contributed by atoms with Crippen molar-refractivity contribution in [2.75, 3.05) is 24.6 Å². The van der Waals surface area contributed by atoms with E-state index in [1.54, 1.807) is 13.8 Å². The summed E-state index contributed by atoms with van der Waals surface area (Å²) < 4.78 is 0. The standard InChI is InChI=1S/C36H52N2O4S2/c1-31(39)43-27-17-7-13-23-35(41)38(36(42)24-14-8-18-28-44-32(2)40)26-16-4-3-15-25-37(29-33-19-9-5-10-20-33)30-34-21-11-6-12-22-34/h5-6,9-12,19-22H,3-4,7-8,13-18,23-30H2,1-2H3. The van der Waals surface area contributed by atoms with Crippen LogP contribution in [0.1, 0.15) is 102 Å². The molecule has 2 amide bonds. The molecule has 242 valence electrons. The number of nitrogens with zero attached hydrogens (tertiary/aromatic N) is 2. The Hall–Kier alpha value is -2.42. The Balaban J connectivity index is 1.80. The van der Waals surface area contributed by atoms with E-state index in [4.69, 9.17) is 0 Å². The summed E-state index contributed by atoms with van der Waals surface area (Å²) in [6, 6.07) is 21.2. The molecule has 6 nitrogen and oxygen atoms in total. The van der Waals surface area contributed by atoms with Gasteiger partial charge in [0.1, 0.15) is 0 Å². The molecule has 0 saturated heterocycles. The van der Waals surface area contributed by atoms with E-state index < -0.39 is 0 Å². The Bertz CT molecular complexity index is 1020. The summed E-state index contributed by atoms with van der Waals surface area (Å²) in [6.07, 6.45) is 9.70. The number of amides is 2. The number of hydrogen-bond donors (Lipinski definition) is 0. The second kappa shape index (κ2) is 23.9. The van der Waals surface area contributed by atoms with Crippen molar-refractivity contribution in [2.45, 2.75) is 104 Å². The zero-order valence-corrected chi connectivity index (χ0v) is 28.5. The number of unbranched alkanes of at least 4 members (excludes halogenated alkanes) is 7. The number of benzene rings is 2. The molecule has 0 bridgehead atoms. The van der Waals surface area contributed by atoms with E-state index in [1.807, 2.05) is 0 Å². The molecule has 2 aromatic carbocycles. The highest BCUT2D eigenvalue weighted by Crippen LogP contribution is 2.15. The number of imide groups is 1. The maximum Gasteiger partial charge on any atom is 0.229 e. The number of thioether (sulfide) groups is 2. The monoisotopic (exact) mass is 640 g/mol. The summed E-state index contributed by atoms with van der Waals surface area (Å²) in [7, 11) is 0. The zero-order valence-electron chi connectivity index (χ0n) is 26.8. The first-order chi connectivity index (χ1) is 21.3. The molecule has 8 heteroatoms. The molecule has 0 aliphatic rings. The molecule has 0 aromatic heterocycles. The molecule has 0 saturated carbocycles. The van der Waals surface area contributed by atoms with E-state index in [2.05, 4.69) is 65.6 Å². The first-order valence-corrected chi connectivity index (χ1v) is 18.2. The van der Waals surface area contributed by atoms with Crippen LogP contribution in [0.2, 0.25) is 0 Å². The molecule has 0 aliphatic carbocycles.